The van der Waals surface area contributed by atoms with E-state index < -0.39 is 0 Å². The molecule has 3 rings (SSSR count). The molecule has 0 fully saturated rings. The molecule has 0 aliphatic rings. The third kappa shape index (κ3) is 1.90. The fourth-order valence-electron chi connectivity index (χ4n) is 2.26. The van der Waals surface area contributed by atoms with E-state index in [4.69, 9.17) is 17.3 Å². The van der Waals surface area contributed by atoms with E-state index in [1.807, 2.05) is 7.05 Å². The number of nitrogen functional groups attached to an aromatic ring is 1. The number of nitrogens with two attached hydrogens (primary N) is 1. The summed E-state index contributed by atoms with van der Waals surface area (Å²) in [6, 6.07) is 0. The normalized spacial score (nSPS) is 11.3. The largest absolute Gasteiger partial charge is 0.369 e. The van der Waals surface area contributed by atoms with Crippen LogP contribution in [0.25, 0.3) is 16.9 Å². The molecule has 3 aromatic rings. The van der Waals surface area contributed by atoms with Gasteiger partial charge >= 0.3 is 0 Å². The molecule has 3 heterocycles. The Morgan fingerprint density at radius 3 is 2.80 bits per heavy atom. The molecule has 104 valence electrons. The maximum atomic E-state index is 6.04. The SMILES string of the molecule is CCCc1nn(C)c2c(-n3ccnc3N)nc(Cl)nc12. The lowest BCUT2D eigenvalue weighted by atomic mass is 10.2. The molecule has 7 nitrogen and oxygen atoms in total. The van der Waals surface area contributed by atoms with E-state index >= 15 is 0 Å². The topological polar surface area (TPSA) is 87.4 Å². The Bertz CT molecular complexity index is 774. The summed E-state index contributed by atoms with van der Waals surface area (Å²) in [5.41, 5.74) is 8.31. The molecule has 0 amide bonds. The Morgan fingerprint density at radius 2 is 2.15 bits per heavy atom. The summed E-state index contributed by atoms with van der Waals surface area (Å²) in [4.78, 5) is 12.6. The third-order valence-electron chi connectivity index (χ3n) is 3.09. The highest BCUT2D eigenvalue weighted by Crippen LogP contribution is 2.25. The van der Waals surface area contributed by atoms with E-state index in [9.17, 15) is 0 Å². The third-order valence-corrected chi connectivity index (χ3v) is 3.26. The molecule has 0 saturated heterocycles. The van der Waals surface area contributed by atoms with Gasteiger partial charge in [0.2, 0.25) is 11.2 Å². The summed E-state index contributed by atoms with van der Waals surface area (Å²) in [7, 11) is 1.86. The predicted molar refractivity (Wildman–Crippen MR) is 76.8 cm³/mol. The Kier molecular flexibility index (Phi) is 3.06. The standard InChI is InChI=1S/C12H14ClN7/c1-3-4-7-8-9(19(2)18-7)10(17-11(13)16-8)20-6-5-15-12(20)14/h5-6H,3-4H2,1-2H3,(H2,14,15). The first-order valence-corrected chi connectivity index (χ1v) is 6.68. The predicted octanol–water partition coefficient (Wildman–Crippen LogP) is 1.74. The van der Waals surface area contributed by atoms with Gasteiger partial charge in [0, 0.05) is 19.4 Å². The van der Waals surface area contributed by atoms with Gasteiger partial charge in [0.1, 0.15) is 11.0 Å². The van der Waals surface area contributed by atoms with E-state index in [0.29, 0.717) is 11.8 Å². The van der Waals surface area contributed by atoms with Crippen LogP contribution in [0.1, 0.15) is 19.0 Å². The second kappa shape index (κ2) is 4.75. The van der Waals surface area contributed by atoms with Gasteiger partial charge in [-0.25, -0.2) is 9.97 Å². The minimum atomic E-state index is 0.172. The Hall–Kier alpha value is -2.15. The van der Waals surface area contributed by atoms with E-state index in [-0.39, 0.29) is 5.28 Å². The highest BCUT2D eigenvalue weighted by Gasteiger charge is 2.18. The van der Waals surface area contributed by atoms with Crippen LogP contribution in [0.2, 0.25) is 5.28 Å². The number of rotatable bonds is 3. The van der Waals surface area contributed by atoms with Gasteiger partial charge in [0.15, 0.2) is 5.82 Å². The number of anilines is 1. The fourth-order valence-corrected chi connectivity index (χ4v) is 2.43. The summed E-state index contributed by atoms with van der Waals surface area (Å²) >= 11 is 6.04. The second-order valence-corrected chi connectivity index (χ2v) is 4.83. The number of aromatic nitrogens is 6. The smallest absolute Gasteiger partial charge is 0.225 e. The van der Waals surface area contributed by atoms with E-state index in [1.165, 1.54) is 0 Å². The van der Waals surface area contributed by atoms with Crippen LogP contribution in [0, 0.1) is 0 Å². The average molecular weight is 292 g/mol. The molecule has 0 saturated carbocycles. The molecule has 0 aliphatic heterocycles. The van der Waals surface area contributed by atoms with Crippen LogP contribution in [-0.2, 0) is 13.5 Å². The zero-order valence-corrected chi connectivity index (χ0v) is 12.0. The fraction of sp³-hybridized carbons (Fsp3) is 0.333. The first kappa shape index (κ1) is 12.9. The van der Waals surface area contributed by atoms with Crippen LogP contribution in [0.4, 0.5) is 5.95 Å². The minimum Gasteiger partial charge on any atom is -0.369 e. The average Bonchev–Trinajstić information content (AvgIpc) is 2.94. The first-order chi connectivity index (χ1) is 9.61. The van der Waals surface area contributed by atoms with Crippen LogP contribution < -0.4 is 5.73 Å². The van der Waals surface area contributed by atoms with Crippen LogP contribution >= 0.6 is 11.6 Å². The van der Waals surface area contributed by atoms with Crippen molar-refractivity contribution in [2.24, 2.45) is 7.05 Å². The molecule has 0 aliphatic carbocycles. The number of halogens is 1. The van der Waals surface area contributed by atoms with Crippen molar-refractivity contribution in [2.45, 2.75) is 19.8 Å². The summed E-state index contributed by atoms with van der Waals surface area (Å²) in [6.07, 6.45) is 5.17. The maximum absolute atomic E-state index is 6.04. The molecule has 0 bridgehead atoms. The van der Waals surface area contributed by atoms with Gasteiger partial charge in [-0.05, 0) is 18.0 Å². The van der Waals surface area contributed by atoms with Crippen LogP contribution in [-0.4, -0.2) is 29.3 Å². The van der Waals surface area contributed by atoms with E-state index in [2.05, 4.69) is 27.0 Å². The summed E-state index contributed by atoms with van der Waals surface area (Å²) in [5, 5.41) is 4.67. The molecule has 0 atom stereocenters. The number of hydrogen-bond acceptors (Lipinski definition) is 5. The number of hydrogen-bond donors (Lipinski definition) is 1. The van der Waals surface area contributed by atoms with Gasteiger partial charge in [-0.2, -0.15) is 10.1 Å². The van der Waals surface area contributed by atoms with Crippen LogP contribution in [0.15, 0.2) is 12.4 Å². The van der Waals surface area contributed by atoms with Crippen molar-refractivity contribution in [2.75, 3.05) is 5.73 Å². The van der Waals surface area contributed by atoms with Crippen molar-refractivity contribution in [1.82, 2.24) is 29.3 Å². The lowest BCUT2D eigenvalue weighted by Gasteiger charge is -2.06. The van der Waals surface area contributed by atoms with Gasteiger partial charge in [-0.15, -0.1) is 0 Å². The van der Waals surface area contributed by atoms with Gasteiger partial charge in [-0.3, -0.25) is 9.25 Å². The van der Waals surface area contributed by atoms with Gasteiger partial charge in [-0.1, -0.05) is 13.3 Å². The highest BCUT2D eigenvalue weighted by atomic mass is 35.5. The molecule has 8 heteroatoms. The monoisotopic (exact) mass is 291 g/mol. The number of nitrogens with zero attached hydrogens (tertiary/aromatic N) is 6. The summed E-state index contributed by atoms with van der Waals surface area (Å²) in [6.45, 7) is 2.10. The van der Waals surface area contributed by atoms with Crippen LogP contribution in [0.5, 0.6) is 0 Å². The van der Waals surface area contributed by atoms with Crippen molar-refractivity contribution >= 4 is 28.6 Å². The van der Waals surface area contributed by atoms with Crippen molar-refractivity contribution in [3.8, 4) is 5.82 Å². The first-order valence-electron chi connectivity index (χ1n) is 6.30. The second-order valence-electron chi connectivity index (χ2n) is 4.49. The molecule has 2 N–H and O–H groups in total. The molecule has 0 spiro atoms. The van der Waals surface area contributed by atoms with E-state index in [1.54, 1.807) is 21.6 Å². The maximum Gasteiger partial charge on any atom is 0.225 e. The number of aryl methyl sites for hydroxylation is 2. The van der Waals surface area contributed by atoms with Crippen molar-refractivity contribution < 1.29 is 0 Å². The quantitative estimate of drug-likeness (QED) is 0.743. The lowest BCUT2D eigenvalue weighted by molar-refractivity contribution is 0.750. The van der Waals surface area contributed by atoms with Crippen molar-refractivity contribution in [1.29, 1.82) is 0 Å². The molecule has 0 unspecified atom stereocenters. The molecule has 3 aromatic heterocycles. The molecular weight excluding hydrogens is 278 g/mol. The zero-order chi connectivity index (χ0) is 14.3. The molecular formula is C12H14ClN7. The molecule has 0 aromatic carbocycles. The van der Waals surface area contributed by atoms with Crippen molar-refractivity contribution in [3.05, 3.63) is 23.4 Å². The summed E-state index contributed by atoms with van der Waals surface area (Å²) < 4.78 is 3.43. The van der Waals surface area contributed by atoms with Crippen LogP contribution in [0.3, 0.4) is 0 Å². The van der Waals surface area contributed by atoms with E-state index in [0.717, 1.165) is 29.6 Å². The Morgan fingerprint density at radius 1 is 1.35 bits per heavy atom. The van der Waals surface area contributed by atoms with Gasteiger partial charge in [0.25, 0.3) is 0 Å². The molecule has 0 radical (unpaired) electrons. The van der Waals surface area contributed by atoms with Gasteiger partial charge < -0.3 is 5.73 Å². The minimum absolute atomic E-state index is 0.172. The van der Waals surface area contributed by atoms with Gasteiger partial charge in [0.05, 0.1) is 5.69 Å². The number of imidazole rings is 1. The Labute approximate surface area is 120 Å². The lowest BCUT2D eigenvalue weighted by Crippen LogP contribution is -2.06. The van der Waals surface area contributed by atoms with Crippen molar-refractivity contribution in [3.63, 3.8) is 0 Å². The Balaban J connectivity index is 2.35. The number of fused-ring (bicyclic) bond motifs is 1. The zero-order valence-electron chi connectivity index (χ0n) is 11.2. The molecule has 20 heavy (non-hydrogen) atoms. The highest BCUT2D eigenvalue weighted by molar-refractivity contribution is 6.28. The summed E-state index contributed by atoms with van der Waals surface area (Å²) in [5.74, 6) is 0.937.